The van der Waals surface area contributed by atoms with Crippen LogP contribution in [0.5, 0.6) is 0 Å². The largest absolute Gasteiger partial charge is 0.387 e. The monoisotopic (exact) mass is 498 g/mol. The highest BCUT2D eigenvalue weighted by molar-refractivity contribution is 5.47. The smallest absolute Gasteiger partial charge is 0.144 e. The molecule has 3 heteroatoms. The van der Waals surface area contributed by atoms with E-state index >= 15 is 0 Å². The molecule has 1 N–H and O–H groups in total. The van der Waals surface area contributed by atoms with E-state index in [4.69, 9.17) is 9.47 Å². The molecule has 3 aromatic carbocycles. The molecule has 4 rings (SSSR count). The first kappa shape index (κ1) is 27.3. The molecule has 0 aromatic heterocycles. The van der Waals surface area contributed by atoms with E-state index in [2.05, 4.69) is 49.9 Å². The van der Waals surface area contributed by atoms with Crippen molar-refractivity contribution < 1.29 is 14.6 Å². The predicted octanol–water partition coefficient (Wildman–Crippen LogP) is 7.82. The number of unbranched alkanes of at least 4 members (excludes halogenated alkanes) is 6. The van der Waals surface area contributed by atoms with E-state index in [0.29, 0.717) is 0 Å². The number of ether oxygens (including phenoxy) is 2. The van der Waals surface area contributed by atoms with Crippen LogP contribution in [0, 0.1) is 0 Å². The number of hydrogen-bond acceptors (Lipinski definition) is 3. The molecular weight excluding hydrogens is 456 g/mol. The third-order valence-electron chi connectivity index (χ3n) is 7.47. The van der Waals surface area contributed by atoms with E-state index in [9.17, 15) is 5.11 Å². The zero-order chi connectivity index (χ0) is 25.9. The van der Waals surface area contributed by atoms with Crippen LogP contribution in [0.1, 0.15) is 75.0 Å². The Hall–Kier alpha value is -2.72. The van der Waals surface area contributed by atoms with Gasteiger partial charge in [0.1, 0.15) is 23.9 Å². The second kappa shape index (κ2) is 13.7. The minimum atomic E-state index is -0.910. The molecule has 196 valence electrons. The average molecular weight is 499 g/mol. The number of benzene rings is 3. The molecule has 1 heterocycles. The first-order chi connectivity index (χ1) is 18.2. The SMILES string of the molecule is C=C[C@@H](OC(c1ccccc1)(c1ccccc1)c1ccccc1)[C@H](O)[C@@H]1O[C@H]1CCCCCCCCC. The molecule has 0 amide bonds. The lowest BCUT2D eigenvalue weighted by Crippen LogP contribution is -2.42. The van der Waals surface area contributed by atoms with Gasteiger partial charge in [0.2, 0.25) is 0 Å². The van der Waals surface area contributed by atoms with Gasteiger partial charge in [-0.05, 0) is 23.1 Å². The fourth-order valence-corrected chi connectivity index (χ4v) is 5.36. The molecule has 0 aliphatic carbocycles. The summed E-state index contributed by atoms with van der Waals surface area (Å²) in [7, 11) is 0. The van der Waals surface area contributed by atoms with Gasteiger partial charge in [-0.3, -0.25) is 0 Å². The van der Waals surface area contributed by atoms with Crippen LogP contribution < -0.4 is 0 Å². The first-order valence-corrected chi connectivity index (χ1v) is 14.0. The molecule has 1 saturated heterocycles. The number of hydrogen-bond donors (Lipinski definition) is 1. The predicted molar refractivity (Wildman–Crippen MR) is 152 cm³/mol. The zero-order valence-corrected chi connectivity index (χ0v) is 22.2. The summed E-state index contributed by atoms with van der Waals surface area (Å²) in [6, 6.07) is 30.7. The highest BCUT2D eigenvalue weighted by Gasteiger charge is 2.49. The van der Waals surface area contributed by atoms with Gasteiger partial charge in [-0.2, -0.15) is 0 Å². The third-order valence-corrected chi connectivity index (χ3v) is 7.47. The van der Waals surface area contributed by atoms with E-state index in [1.807, 2.05) is 54.6 Å². The van der Waals surface area contributed by atoms with Crippen LogP contribution in [0.4, 0.5) is 0 Å². The van der Waals surface area contributed by atoms with Crippen molar-refractivity contribution in [2.24, 2.45) is 0 Å². The molecule has 0 bridgehead atoms. The van der Waals surface area contributed by atoms with Gasteiger partial charge in [-0.1, -0.05) is 149 Å². The molecule has 4 atom stereocenters. The summed E-state index contributed by atoms with van der Waals surface area (Å²) in [5.41, 5.74) is 2.10. The minimum absolute atomic E-state index is 0.0938. The van der Waals surface area contributed by atoms with Crippen LogP contribution in [0.25, 0.3) is 0 Å². The lowest BCUT2D eigenvalue weighted by molar-refractivity contribution is -0.0850. The Labute approximate surface area is 223 Å². The number of aliphatic hydroxyl groups excluding tert-OH is 1. The first-order valence-electron chi connectivity index (χ1n) is 14.0. The van der Waals surface area contributed by atoms with Gasteiger partial charge in [-0.15, -0.1) is 6.58 Å². The summed E-state index contributed by atoms with van der Waals surface area (Å²) in [6.07, 6.45) is 10.1. The van der Waals surface area contributed by atoms with Crippen molar-refractivity contribution in [2.45, 2.75) is 88.3 Å². The van der Waals surface area contributed by atoms with Crippen molar-refractivity contribution >= 4 is 0 Å². The Balaban J connectivity index is 1.52. The van der Waals surface area contributed by atoms with Gasteiger partial charge < -0.3 is 14.6 Å². The van der Waals surface area contributed by atoms with E-state index in [0.717, 1.165) is 29.5 Å². The summed E-state index contributed by atoms with van der Waals surface area (Å²) in [4.78, 5) is 0. The van der Waals surface area contributed by atoms with Crippen LogP contribution in [-0.4, -0.2) is 29.5 Å². The van der Waals surface area contributed by atoms with E-state index in [-0.39, 0.29) is 12.2 Å². The summed E-state index contributed by atoms with van der Waals surface area (Å²) in [5, 5.41) is 11.4. The molecule has 1 fully saturated rings. The van der Waals surface area contributed by atoms with Crippen molar-refractivity contribution in [1.29, 1.82) is 0 Å². The lowest BCUT2D eigenvalue weighted by Gasteiger charge is -2.39. The van der Waals surface area contributed by atoms with Crippen LogP contribution in [0.15, 0.2) is 104 Å². The number of rotatable bonds is 16. The maximum atomic E-state index is 11.4. The maximum Gasteiger partial charge on any atom is 0.144 e. The molecule has 0 spiro atoms. The van der Waals surface area contributed by atoms with E-state index in [1.165, 1.54) is 38.5 Å². The van der Waals surface area contributed by atoms with Crippen LogP contribution >= 0.6 is 0 Å². The molecule has 37 heavy (non-hydrogen) atoms. The summed E-state index contributed by atoms with van der Waals surface area (Å²) in [5.74, 6) is 0. The Morgan fingerprint density at radius 1 is 0.784 bits per heavy atom. The topological polar surface area (TPSA) is 42.0 Å². The molecular formula is C34H42O3. The quantitative estimate of drug-likeness (QED) is 0.0947. The number of aliphatic hydroxyl groups is 1. The lowest BCUT2D eigenvalue weighted by atomic mass is 9.79. The van der Waals surface area contributed by atoms with Crippen molar-refractivity contribution in [3.63, 3.8) is 0 Å². The Morgan fingerprint density at radius 3 is 1.70 bits per heavy atom. The maximum absolute atomic E-state index is 11.4. The van der Waals surface area contributed by atoms with Gasteiger partial charge >= 0.3 is 0 Å². The third kappa shape index (κ3) is 6.78. The second-order valence-corrected chi connectivity index (χ2v) is 10.1. The van der Waals surface area contributed by atoms with Crippen molar-refractivity contribution in [3.05, 3.63) is 120 Å². The highest BCUT2D eigenvalue weighted by atomic mass is 16.6. The highest BCUT2D eigenvalue weighted by Crippen LogP contribution is 2.43. The number of epoxide rings is 1. The Bertz CT molecular complexity index is 954. The summed E-state index contributed by atoms with van der Waals surface area (Å²) < 4.78 is 13.0. The summed E-state index contributed by atoms with van der Waals surface area (Å²) in [6.45, 7) is 6.30. The van der Waals surface area contributed by atoms with Crippen LogP contribution in [0.2, 0.25) is 0 Å². The van der Waals surface area contributed by atoms with Crippen molar-refractivity contribution in [1.82, 2.24) is 0 Å². The fraction of sp³-hybridized carbons (Fsp3) is 0.412. The standard InChI is InChI=1S/C34H42O3/c1-3-5-6-7-8-9-19-26-31-33(36-31)32(35)30(4-2)37-34(27-20-13-10-14-21-27,28-22-15-11-16-23-28)29-24-17-12-18-25-29/h4,10-18,20-25,30-33,35H,2-3,5-9,19,26H2,1H3/t30-,31+,32+,33-/m1/s1. The van der Waals surface area contributed by atoms with E-state index in [1.54, 1.807) is 6.08 Å². The minimum Gasteiger partial charge on any atom is -0.387 e. The van der Waals surface area contributed by atoms with Gasteiger partial charge in [0, 0.05) is 0 Å². The van der Waals surface area contributed by atoms with Gasteiger partial charge in [0.15, 0.2) is 0 Å². The molecule has 1 aliphatic heterocycles. The molecule has 0 radical (unpaired) electrons. The average Bonchev–Trinajstić information content (AvgIpc) is 3.74. The fourth-order valence-electron chi connectivity index (χ4n) is 5.36. The molecule has 1 aliphatic rings. The molecule has 3 aromatic rings. The van der Waals surface area contributed by atoms with Crippen molar-refractivity contribution in [2.75, 3.05) is 0 Å². The summed E-state index contributed by atoms with van der Waals surface area (Å²) >= 11 is 0. The van der Waals surface area contributed by atoms with Crippen LogP contribution in [-0.2, 0) is 15.1 Å². The van der Waals surface area contributed by atoms with Gasteiger partial charge in [-0.25, -0.2) is 0 Å². The molecule has 0 unspecified atom stereocenters. The zero-order valence-electron chi connectivity index (χ0n) is 22.2. The normalized spacial score (nSPS) is 18.8. The van der Waals surface area contributed by atoms with Gasteiger partial charge in [0.05, 0.1) is 6.10 Å². The van der Waals surface area contributed by atoms with E-state index < -0.39 is 17.8 Å². The van der Waals surface area contributed by atoms with Crippen molar-refractivity contribution in [3.8, 4) is 0 Å². The van der Waals surface area contributed by atoms with Crippen LogP contribution in [0.3, 0.4) is 0 Å². The Kier molecular flexibility index (Phi) is 10.1. The molecule has 0 saturated carbocycles. The molecule has 3 nitrogen and oxygen atoms in total. The Morgan fingerprint density at radius 2 is 1.24 bits per heavy atom. The van der Waals surface area contributed by atoms with Gasteiger partial charge in [0.25, 0.3) is 0 Å². The second-order valence-electron chi connectivity index (χ2n) is 10.1.